The van der Waals surface area contributed by atoms with Gasteiger partial charge in [-0.25, -0.2) is 0 Å². The minimum atomic E-state index is -1.71. The van der Waals surface area contributed by atoms with Crippen molar-refractivity contribution in [1.29, 1.82) is 0 Å². The predicted molar refractivity (Wildman–Crippen MR) is 289 cm³/mol. The molecule has 2 heterocycles. The molecule has 0 aromatic heterocycles. The fourth-order valence-electron chi connectivity index (χ4n) is 9.61. The third-order valence-electron chi connectivity index (χ3n) is 14.5. The van der Waals surface area contributed by atoms with Gasteiger partial charge in [-0.1, -0.05) is 218 Å². The molecule has 0 aliphatic carbocycles. The number of carbonyl (C=O) groups is 1. The molecular formula is C59H110O14. The lowest BCUT2D eigenvalue weighted by molar-refractivity contribution is -0.332. The SMILES string of the molecule is CCCCCC/C=C\C/C=C\CCCCCCCCOCC(COC1OC(COC2OC(CO)C(O)C(O)C2O)C(O)C(O)C1O)OC(=O)CCCCCCCCCCCCCCCCCCCCCCCC. The van der Waals surface area contributed by atoms with Gasteiger partial charge in [0.15, 0.2) is 12.6 Å². The summed E-state index contributed by atoms with van der Waals surface area (Å²) in [6.45, 7) is 3.70. The fraction of sp³-hybridized carbons (Fsp3) is 0.915. The summed E-state index contributed by atoms with van der Waals surface area (Å²) in [7, 11) is 0. The van der Waals surface area contributed by atoms with Crippen molar-refractivity contribution in [3.05, 3.63) is 24.3 Å². The van der Waals surface area contributed by atoms with Crippen LogP contribution in [0.4, 0.5) is 0 Å². The van der Waals surface area contributed by atoms with Gasteiger partial charge >= 0.3 is 5.97 Å². The molecule has 11 unspecified atom stereocenters. The van der Waals surface area contributed by atoms with Crippen molar-refractivity contribution in [3.63, 3.8) is 0 Å². The number of esters is 1. The molecule has 11 atom stereocenters. The molecule has 0 radical (unpaired) electrons. The van der Waals surface area contributed by atoms with Crippen LogP contribution in [0.5, 0.6) is 0 Å². The minimum Gasteiger partial charge on any atom is -0.457 e. The summed E-state index contributed by atoms with van der Waals surface area (Å²) in [5.74, 6) is -0.374. The van der Waals surface area contributed by atoms with Crippen molar-refractivity contribution in [3.8, 4) is 0 Å². The van der Waals surface area contributed by atoms with E-state index in [-0.39, 0.29) is 25.6 Å². The molecule has 0 saturated carbocycles. The van der Waals surface area contributed by atoms with Crippen molar-refractivity contribution >= 4 is 5.97 Å². The standard InChI is InChI=1S/C59H110O14/c1-3-5-7-9-11-13-15-17-19-21-22-23-24-25-26-28-30-32-34-36-38-40-42-51(61)71-48(45-68-43-41-39-37-35-33-31-29-27-20-18-16-14-12-10-8-6-4-2)46-69-58-57(67)55(65)53(63)50(73-58)47-70-59-56(66)54(64)52(62)49(44-60)72-59/h14,16,20,27,48-50,52-60,62-67H,3-13,15,17-19,21-26,28-47H2,1-2H3/b16-14-,27-20-. The molecule has 7 N–H and O–H groups in total. The molecular weight excluding hydrogens is 933 g/mol. The van der Waals surface area contributed by atoms with E-state index in [1.165, 1.54) is 161 Å². The molecule has 2 saturated heterocycles. The van der Waals surface area contributed by atoms with E-state index in [2.05, 4.69) is 38.2 Å². The zero-order valence-corrected chi connectivity index (χ0v) is 46.1. The quantitative estimate of drug-likeness (QED) is 0.0172. The summed E-state index contributed by atoms with van der Waals surface area (Å²) >= 11 is 0. The first kappa shape index (κ1) is 67.6. The van der Waals surface area contributed by atoms with Crippen LogP contribution < -0.4 is 0 Å². The maximum Gasteiger partial charge on any atom is 0.306 e. The molecule has 2 aliphatic heterocycles. The van der Waals surface area contributed by atoms with Gasteiger partial charge in [-0.05, 0) is 44.9 Å². The largest absolute Gasteiger partial charge is 0.457 e. The summed E-state index contributed by atoms with van der Waals surface area (Å²) in [5, 5.41) is 72.3. The molecule has 14 nitrogen and oxygen atoms in total. The van der Waals surface area contributed by atoms with Crippen LogP contribution in [-0.4, -0.2) is 142 Å². The van der Waals surface area contributed by atoms with E-state index in [9.17, 15) is 40.5 Å². The Kier molecular flexibility index (Phi) is 43.1. The van der Waals surface area contributed by atoms with E-state index < -0.39 is 80.7 Å². The Labute approximate surface area is 443 Å². The number of allylic oxidation sites excluding steroid dienone is 4. The number of rotatable bonds is 49. The van der Waals surface area contributed by atoms with E-state index >= 15 is 0 Å². The summed E-state index contributed by atoms with van der Waals surface area (Å²) in [6, 6.07) is 0. The van der Waals surface area contributed by atoms with Gasteiger partial charge in [0.2, 0.25) is 0 Å². The van der Waals surface area contributed by atoms with Gasteiger partial charge in [-0.2, -0.15) is 0 Å². The summed E-state index contributed by atoms with van der Waals surface area (Å²) in [5.41, 5.74) is 0. The Bertz CT molecular complexity index is 1300. The lowest BCUT2D eigenvalue weighted by Crippen LogP contribution is -2.61. The number of aliphatic hydroxyl groups is 7. The molecule has 2 fully saturated rings. The highest BCUT2D eigenvalue weighted by Gasteiger charge is 2.47. The first-order chi connectivity index (χ1) is 35.6. The second-order valence-corrected chi connectivity index (χ2v) is 21.2. The number of carbonyl (C=O) groups excluding carboxylic acids is 1. The van der Waals surface area contributed by atoms with Gasteiger partial charge in [-0.15, -0.1) is 0 Å². The van der Waals surface area contributed by atoms with E-state index in [0.29, 0.717) is 13.0 Å². The Morgan fingerprint density at radius 3 is 1.33 bits per heavy atom. The van der Waals surface area contributed by atoms with Crippen molar-refractivity contribution in [2.45, 2.75) is 313 Å². The van der Waals surface area contributed by atoms with Gasteiger partial charge < -0.3 is 64.2 Å². The zero-order valence-electron chi connectivity index (χ0n) is 46.1. The molecule has 14 heteroatoms. The number of ether oxygens (including phenoxy) is 6. The number of hydrogen-bond donors (Lipinski definition) is 7. The Balaban J connectivity index is 1.70. The van der Waals surface area contributed by atoms with Gasteiger partial charge in [-0.3, -0.25) is 4.79 Å². The molecule has 0 bridgehead atoms. The topological polar surface area (TPSA) is 214 Å². The van der Waals surface area contributed by atoms with Crippen LogP contribution in [-0.2, 0) is 33.2 Å². The Morgan fingerprint density at radius 2 is 0.849 bits per heavy atom. The molecule has 2 aliphatic rings. The molecule has 430 valence electrons. The Morgan fingerprint density at radius 1 is 0.452 bits per heavy atom. The minimum absolute atomic E-state index is 0.0587. The van der Waals surface area contributed by atoms with Crippen LogP contribution in [0, 0.1) is 0 Å². The van der Waals surface area contributed by atoms with Crippen LogP contribution in [0.15, 0.2) is 24.3 Å². The highest BCUT2D eigenvalue weighted by molar-refractivity contribution is 5.69. The van der Waals surface area contributed by atoms with Crippen LogP contribution in [0.3, 0.4) is 0 Å². The van der Waals surface area contributed by atoms with Gasteiger partial charge in [0.25, 0.3) is 0 Å². The van der Waals surface area contributed by atoms with Crippen molar-refractivity contribution in [1.82, 2.24) is 0 Å². The second kappa shape index (κ2) is 46.6. The highest BCUT2D eigenvalue weighted by Crippen LogP contribution is 2.27. The molecule has 2 rings (SSSR count). The third kappa shape index (κ3) is 33.4. The van der Waals surface area contributed by atoms with E-state index in [1.54, 1.807) is 0 Å². The smallest absolute Gasteiger partial charge is 0.306 e. The van der Waals surface area contributed by atoms with Crippen molar-refractivity contribution < 1.29 is 69.0 Å². The average molecular weight is 1040 g/mol. The third-order valence-corrected chi connectivity index (χ3v) is 14.5. The van der Waals surface area contributed by atoms with Crippen LogP contribution in [0.1, 0.15) is 245 Å². The number of unbranched alkanes of at least 4 members (excludes halogenated alkanes) is 31. The maximum atomic E-state index is 13.1. The van der Waals surface area contributed by atoms with E-state index in [1.807, 2.05) is 0 Å². The monoisotopic (exact) mass is 1040 g/mol. The molecule has 0 aromatic rings. The van der Waals surface area contributed by atoms with E-state index in [4.69, 9.17) is 28.4 Å². The van der Waals surface area contributed by atoms with Crippen LogP contribution in [0.25, 0.3) is 0 Å². The molecule has 0 amide bonds. The normalized spacial score (nSPS) is 25.1. The summed E-state index contributed by atoms with van der Waals surface area (Å²) in [4.78, 5) is 13.1. The first-order valence-electron chi connectivity index (χ1n) is 29.9. The number of hydrogen-bond acceptors (Lipinski definition) is 14. The first-order valence-corrected chi connectivity index (χ1v) is 29.9. The van der Waals surface area contributed by atoms with Gasteiger partial charge in [0.1, 0.15) is 54.9 Å². The molecule has 0 spiro atoms. The predicted octanol–water partition coefficient (Wildman–Crippen LogP) is 10.8. The highest BCUT2D eigenvalue weighted by atomic mass is 16.7. The second-order valence-electron chi connectivity index (χ2n) is 21.2. The lowest BCUT2D eigenvalue weighted by Gasteiger charge is -2.42. The van der Waals surface area contributed by atoms with Crippen molar-refractivity contribution in [2.75, 3.05) is 33.0 Å². The van der Waals surface area contributed by atoms with Crippen LogP contribution >= 0.6 is 0 Å². The van der Waals surface area contributed by atoms with Crippen molar-refractivity contribution in [2.24, 2.45) is 0 Å². The van der Waals surface area contributed by atoms with Crippen LogP contribution in [0.2, 0.25) is 0 Å². The zero-order chi connectivity index (χ0) is 53.0. The Hall–Kier alpha value is -1.53. The molecule has 0 aromatic carbocycles. The summed E-state index contributed by atoms with van der Waals surface area (Å²) in [6.07, 6.45) is 36.7. The molecule has 73 heavy (non-hydrogen) atoms. The average Bonchev–Trinajstić information content (AvgIpc) is 3.39. The number of aliphatic hydroxyl groups excluding tert-OH is 7. The fourth-order valence-corrected chi connectivity index (χ4v) is 9.61. The van der Waals surface area contributed by atoms with Gasteiger partial charge in [0.05, 0.1) is 26.4 Å². The lowest BCUT2D eigenvalue weighted by atomic mass is 9.98. The van der Waals surface area contributed by atoms with E-state index in [0.717, 1.165) is 57.8 Å². The summed E-state index contributed by atoms with van der Waals surface area (Å²) < 4.78 is 34.4. The maximum absolute atomic E-state index is 13.1. The van der Waals surface area contributed by atoms with Gasteiger partial charge in [0, 0.05) is 13.0 Å².